The third kappa shape index (κ3) is 3.32. The van der Waals surface area contributed by atoms with E-state index >= 15 is 0 Å². The first-order chi connectivity index (χ1) is 14.5. The second-order valence-electron chi connectivity index (χ2n) is 8.71. The Morgan fingerprint density at radius 2 is 2.27 bits per heavy atom. The van der Waals surface area contributed by atoms with Crippen molar-refractivity contribution < 1.29 is 28.2 Å². The number of ether oxygens (including phenoxy) is 4. The van der Waals surface area contributed by atoms with E-state index < -0.39 is 5.60 Å². The normalized spacial score (nSPS) is 31.9. The summed E-state index contributed by atoms with van der Waals surface area (Å²) in [4.78, 5) is 14.6. The van der Waals surface area contributed by atoms with Crippen LogP contribution in [-0.2, 0) is 29.3 Å². The number of hydrogen-bond donors (Lipinski definition) is 0. The van der Waals surface area contributed by atoms with Gasteiger partial charge in [0.15, 0.2) is 0 Å². The zero-order valence-corrected chi connectivity index (χ0v) is 18.4. The van der Waals surface area contributed by atoms with Gasteiger partial charge in [-0.3, -0.25) is 4.79 Å². The topological polar surface area (TPSA) is 70.4 Å². The second kappa shape index (κ2) is 8.46. The molecule has 0 unspecified atom stereocenters. The van der Waals surface area contributed by atoms with Gasteiger partial charge >= 0.3 is 5.97 Å². The minimum absolute atomic E-state index is 0.158. The number of furan rings is 1. The van der Waals surface area contributed by atoms with Crippen molar-refractivity contribution in [2.75, 3.05) is 40.6 Å². The third-order valence-electron chi connectivity index (χ3n) is 6.84. The lowest BCUT2D eigenvalue weighted by Crippen LogP contribution is -2.54. The Hall–Kier alpha value is -1.67. The van der Waals surface area contributed by atoms with Crippen LogP contribution < -0.4 is 0 Å². The SMILES string of the molecule is CCCC(=O)O[C@H](C)C1=CC[C@@]23OCCN(C)C[C@@]12C[C@@H](OCOC)c1occc13. The predicted molar refractivity (Wildman–Crippen MR) is 110 cm³/mol. The van der Waals surface area contributed by atoms with Crippen LogP contribution >= 0.6 is 0 Å². The molecule has 1 fully saturated rings. The fraction of sp³-hybridized carbons (Fsp3) is 0.696. The molecule has 1 aromatic rings. The first-order valence-electron chi connectivity index (χ1n) is 10.9. The Labute approximate surface area is 178 Å². The number of rotatable bonds is 7. The van der Waals surface area contributed by atoms with E-state index in [0.29, 0.717) is 19.4 Å². The fourth-order valence-corrected chi connectivity index (χ4v) is 5.68. The Bertz CT molecular complexity index is 803. The molecule has 0 N–H and O–H groups in total. The summed E-state index contributed by atoms with van der Waals surface area (Å²) < 4.78 is 29.7. The summed E-state index contributed by atoms with van der Waals surface area (Å²) in [6.07, 6.45) is 5.99. The summed E-state index contributed by atoms with van der Waals surface area (Å²) in [7, 11) is 3.74. The molecule has 0 saturated carbocycles. The first-order valence-corrected chi connectivity index (χ1v) is 10.9. The maximum absolute atomic E-state index is 12.3. The van der Waals surface area contributed by atoms with Gasteiger partial charge in [-0.25, -0.2) is 0 Å². The molecule has 7 heteroatoms. The largest absolute Gasteiger partial charge is 0.466 e. The maximum atomic E-state index is 12.3. The Balaban J connectivity index is 1.77. The molecule has 0 amide bonds. The van der Waals surface area contributed by atoms with Gasteiger partial charge in [-0.2, -0.15) is 0 Å². The first kappa shape index (κ1) is 21.6. The maximum Gasteiger partial charge on any atom is 0.306 e. The Kier molecular flexibility index (Phi) is 6.08. The zero-order valence-electron chi connectivity index (χ0n) is 18.4. The lowest BCUT2D eigenvalue weighted by molar-refractivity contribution is -0.165. The second-order valence-corrected chi connectivity index (χ2v) is 8.71. The third-order valence-corrected chi connectivity index (χ3v) is 6.84. The highest BCUT2D eigenvalue weighted by Crippen LogP contribution is 2.65. The number of nitrogens with zero attached hydrogens (tertiary/aromatic N) is 1. The summed E-state index contributed by atoms with van der Waals surface area (Å²) in [5.74, 6) is 0.659. The molecule has 0 radical (unpaired) electrons. The van der Waals surface area contributed by atoms with Crippen molar-refractivity contribution in [3.8, 4) is 0 Å². The van der Waals surface area contributed by atoms with Crippen LogP contribution in [0.25, 0.3) is 0 Å². The van der Waals surface area contributed by atoms with Crippen molar-refractivity contribution in [2.45, 2.75) is 57.3 Å². The molecule has 3 aliphatic rings. The lowest BCUT2D eigenvalue weighted by atomic mass is 9.59. The summed E-state index contributed by atoms with van der Waals surface area (Å²) in [6, 6.07) is 2.02. The van der Waals surface area contributed by atoms with Gasteiger partial charge in [-0.1, -0.05) is 13.0 Å². The Morgan fingerprint density at radius 1 is 1.43 bits per heavy atom. The van der Waals surface area contributed by atoms with E-state index in [1.807, 2.05) is 19.9 Å². The molecule has 1 aromatic heterocycles. The zero-order chi connectivity index (χ0) is 21.4. The molecule has 166 valence electrons. The monoisotopic (exact) mass is 419 g/mol. The minimum atomic E-state index is -0.534. The highest BCUT2D eigenvalue weighted by molar-refractivity contribution is 5.69. The molecule has 4 rings (SSSR count). The van der Waals surface area contributed by atoms with Crippen LogP contribution in [0.15, 0.2) is 28.4 Å². The van der Waals surface area contributed by atoms with Crippen LogP contribution in [0.5, 0.6) is 0 Å². The van der Waals surface area contributed by atoms with Gasteiger partial charge in [0.1, 0.15) is 30.4 Å². The summed E-state index contributed by atoms with van der Waals surface area (Å²) in [6.45, 7) is 6.43. The predicted octanol–water partition coefficient (Wildman–Crippen LogP) is 3.55. The average Bonchev–Trinajstić information content (AvgIpc) is 3.27. The number of esters is 1. The number of hydrogen-bond acceptors (Lipinski definition) is 7. The van der Waals surface area contributed by atoms with Gasteiger partial charge < -0.3 is 28.3 Å². The molecule has 2 aliphatic carbocycles. The van der Waals surface area contributed by atoms with E-state index in [4.69, 9.17) is 23.4 Å². The fourth-order valence-electron chi connectivity index (χ4n) is 5.68. The summed E-state index contributed by atoms with van der Waals surface area (Å²) in [5.41, 5.74) is 1.26. The molecule has 0 aromatic carbocycles. The molecule has 0 bridgehead atoms. The molecule has 30 heavy (non-hydrogen) atoms. The highest BCUT2D eigenvalue weighted by Gasteiger charge is 2.65. The van der Waals surface area contributed by atoms with E-state index in [-0.39, 0.29) is 30.4 Å². The van der Waals surface area contributed by atoms with E-state index in [9.17, 15) is 4.79 Å². The van der Waals surface area contributed by atoms with Gasteiger partial charge in [0.05, 0.1) is 12.9 Å². The smallest absolute Gasteiger partial charge is 0.306 e. The van der Waals surface area contributed by atoms with E-state index in [1.54, 1.807) is 13.4 Å². The summed E-state index contributed by atoms with van der Waals surface area (Å²) >= 11 is 0. The number of fused-ring (bicyclic) bond motifs is 1. The molecular formula is C23H33NO6. The number of likely N-dealkylation sites (N-methyl/N-ethyl adjacent to an activating group) is 1. The van der Waals surface area contributed by atoms with E-state index in [2.05, 4.69) is 18.0 Å². The standard InChI is InChI=1S/C23H33NO6/c1-5-6-20(25)30-16(2)17-7-9-23-18-8-11-27-21(18)19(28-15-26-4)13-22(17,23)14-24(3)10-12-29-23/h7-8,11,16,19H,5-6,9-10,12-15H2,1-4H3/t16-,19-,22+,23+/m1/s1. The van der Waals surface area contributed by atoms with Gasteiger partial charge in [0, 0.05) is 44.0 Å². The van der Waals surface area contributed by atoms with E-state index in [0.717, 1.165) is 42.8 Å². The van der Waals surface area contributed by atoms with Crippen LogP contribution in [0.3, 0.4) is 0 Å². The molecule has 4 atom stereocenters. The molecule has 1 aliphatic heterocycles. The van der Waals surface area contributed by atoms with Crippen molar-refractivity contribution in [3.05, 3.63) is 35.3 Å². The molecular weight excluding hydrogens is 386 g/mol. The van der Waals surface area contributed by atoms with Crippen molar-refractivity contribution >= 4 is 5.97 Å². The number of carbonyl (C=O) groups excluding carboxylic acids is 1. The molecule has 1 saturated heterocycles. The molecule has 7 nitrogen and oxygen atoms in total. The molecule has 0 spiro atoms. The van der Waals surface area contributed by atoms with Crippen LogP contribution in [0, 0.1) is 5.41 Å². The summed E-state index contributed by atoms with van der Waals surface area (Å²) in [5, 5.41) is 0. The van der Waals surface area contributed by atoms with Crippen LogP contribution in [0.1, 0.15) is 57.0 Å². The van der Waals surface area contributed by atoms with Crippen LogP contribution in [-0.4, -0.2) is 57.6 Å². The van der Waals surface area contributed by atoms with Gasteiger partial charge in [-0.15, -0.1) is 0 Å². The van der Waals surface area contributed by atoms with Gasteiger partial charge in [0.25, 0.3) is 0 Å². The average molecular weight is 420 g/mol. The van der Waals surface area contributed by atoms with Gasteiger partial charge in [0.2, 0.25) is 0 Å². The Morgan fingerprint density at radius 3 is 3.03 bits per heavy atom. The van der Waals surface area contributed by atoms with Crippen molar-refractivity contribution in [2.24, 2.45) is 5.41 Å². The number of methoxy groups -OCH3 is 1. The minimum Gasteiger partial charge on any atom is -0.466 e. The van der Waals surface area contributed by atoms with Crippen molar-refractivity contribution in [1.82, 2.24) is 4.90 Å². The molecule has 2 heterocycles. The highest BCUT2D eigenvalue weighted by atomic mass is 16.7. The van der Waals surface area contributed by atoms with Crippen molar-refractivity contribution in [3.63, 3.8) is 0 Å². The van der Waals surface area contributed by atoms with Crippen LogP contribution in [0.4, 0.5) is 0 Å². The van der Waals surface area contributed by atoms with Crippen LogP contribution in [0.2, 0.25) is 0 Å². The lowest BCUT2D eigenvalue weighted by Gasteiger charge is -2.52. The van der Waals surface area contributed by atoms with Gasteiger partial charge in [-0.05, 0) is 38.5 Å². The quantitative estimate of drug-likeness (QED) is 0.380. The van der Waals surface area contributed by atoms with E-state index in [1.165, 1.54) is 0 Å². The number of carbonyl (C=O) groups is 1. The van der Waals surface area contributed by atoms with Crippen molar-refractivity contribution in [1.29, 1.82) is 0 Å².